The number of aryl methyl sites for hydroxylation is 1. The van der Waals surface area contributed by atoms with Crippen molar-refractivity contribution in [2.45, 2.75) is 17.9 Å². The van der Waals surface area contributed by atoms with Crippen LogP contribution in [0.15, 0.2) is 47.6 Å². The molecule has 1 saturated heterocycles. The molecule has 1 fully saturated rings. The Labute approximate surface area is 145 Å². The lowest BCUT2D eigenvalue weighted by atomic mass is 10.1. The molecule has 2 heterocycles. The van der Waals surface area contributed by atoms with Crippen LogP contribution in [0.1, 0.15) is 17.2 Å². The lowest BCUT2D eigenvalue weighted by Gasteiger charge is -2.35. The molecule has 1 aromatic carbocycles. The molecule has 0 saturated carbocycles. The quantitative estimate of drug-likeness (QED) is 0.655. The van der Waals surface area contributed by atoms with Gasteiger partial charge in [-0.05, 0) is 30.7 Å². The minimum atomic E-state index is -3.78. The van der Waals surface area contributed by atoms with Crippen LogP contribution in [0, 0.1) is 17.0 Å². The van der Waals surface area contributed by atoms with Crippen molar-refractivity contribution in [2.75, 3.05) is 19.6 Å². The van der Waals surface area contributed by atoms with Crippen LogP contribution in [0.25, 0.3) is 0 Å². The third kappa shape index (κ3) is 3.39. The summed E-state index contributed by atoms with van der Waals surface area (Å²) in [6, 6.07) is 7.13. The minimum Gasteiger partial charge on any atom is -0.313 e. The summed E-state index contributed by atoms with van der Waals surface area (Å²) in [5.74, 6) is 0. The highest BCUT2D eigenvalue weighted by Gasteiger charge is 2.35. The van der Waals surface area contributed by atoms with Crippen LogP contribution >= 0.6 is 0 Å². The van der Waals surface area contributed by atoms with Crippen molar-refractivity contribution in [1.29, 1.82) is 0 Å². The first-order valence-corrected chi connectivity index (χ1v) is 9.23. The van der Waals surface area contributed by atoms with E-state index in [0.717, 1.165) is 5.56 Å². The summed E-state index contributed by atoms with van der Waals surface area (Å²) in [4.78, 5) is 14.6. The van der Waals surface area contributed by atoms with Gasteiger partial charge in [0.2, 0.25) is 10.0 Å². The Morgan fingerprint density at radius 2 is 2.16 bits per heavy atom. The molecule has 1 aliphatic rings. The predicted molar refractivity (Wildman–Crippen MR) is 91.6 cm³/mol. The maximum absolute atomic E-state index is 13.1. The highest BCUT2D eigenvalue weighted by atomic mass is 32.2. The molecule has 0 radical (unpaired) electrons. The van der Waals surface area contributed by atoms with E-state index in [1.807, 2.05) is 6.07 Å². The molecule has 132 valence electrons. The Morgan fingerprint density at radius 3 is 2.80 bits per heavy atom. The Bertz CT molecular complexity index is 886. The van der Waals surface area contributed by atoms with E-state index in [-0.39, 0.29) is 16.6 Å². The van der Waals surface area contributed by atoms with Gasteiger partial charge in [-0.2, -0.15) is 4.31 Å². The summed E-state index contributed by atoms with van der Waals surface area (Å²) >= 11 is 0. The average Bonchev–Trinajstić information content (AvgIpc) is 2.62. The largest absolute Gasteiger partial charge is 0.313 e. The van der Waals surface area contributed by atoms with E-state index in [2.05, 4.69) is 10.3 Å². The highest BCUT2D eigenvalue weighted by Crippen LogP contribution is 2.30. The molecular formula is C16H18N4O4S. The van der Waals surface area contributed by atoms with Crippen molar-refractivity contribution >= 4 is 15.7 Å². The number of nitro groups is 1. The zero-order chi connectivity index (χ0) is 18.0. The number of hydrogen-bond acceptors (Lipinski definition) is 6. The summed E-state index contributed by atoms with van der Waals surface area (Å²) in [5, 5.41) is 14.2. The molecule has 0 aliphatic carbocycles. The normalized spacial score (nSPS) is 18.8. The number of piperazine rings is 1. The number of sulfonamides is 1. The fraction of sp³-hybridized carbons (Fsp3) is 0.312. The van der Waals surface area contributed by atoms with Gasteiger partial charge in [0.05, 0.1) is 15.9 Å². The van der Waals surface area contributed by atoms with Gasteiger partial charge in [0.1, 0.15) is 0 Å². The minimum absolute atomic E-state index is 0.0615. The number of nitrogens with zero attached hydrogens (tertiary/aromatic N) is 3. The van der Waals surface area contributed by atoms with E-state index < -0.39 is 14.9 Å². The fourth-order valence-electron chi connectivity index (χ4n) is 2.96. The maximum Gasteiger partial charge on any atom is 0.272 e. The number of aromatic nitrogens is 1. The Kier molecular flexibility index (Phi) is 4.80. The van der Waals surface area contributed by atoms with E-state index in [9.17, 15) is 18.5 Å². The highest BCUT2D eigenvalue weighted by molar-refractivity contribution is 7.89. The first kappa shape index (κ1) is 17.5. The van der Waals surface area contributed by atoms with Crippen molar-refractivity contribution < 1.29 is 13.3 Å². The van der Waals surface area contributed by atoms with Crippen LogP contribution in [-0.4, -0.2) is 42.3 Å². The van der Waals surface area contributed by atoms with Gasteiger partial charge in [-0.1, -0.05) is 6.07 Å². The smallest absolute Gasteiger partial charge is 0.272 e. The van der Waals surface area contributed by atoms with Crippen LogP contribution < -0.4 is 5.32 Å². The lowest BCUT2D eigenvalue weighted by molar-refractivity contribution is -0.385. The van der Waals surface area contributed by atoms with Gasteiger partial charge in [-0.25, -0.2) is 8.42 Å². The van der Waals surface area contributed by atoms with E-state index in [4.69, 9.17) is 0 Å². The number of nitro benzene ring substituents is 1. The molecule has 0 amide bonds. The first-order valence-electron chi connectivity index (χ1n) is 7.79. The van der Waals surface area contributed by atoms with Crippen LogP contribution in [0.2, 0.25) is 0 Å². The van der Waals surface area contributed by atoms with E-state index in [0.29, 0.717) is 25.2 Å². The number of hydrogen-bond donors (Lipinski definition) is 1. The monoisotopic (exact) mass is 362 g/mol. The number of rotatable bonds is 4. The van der Waals surface area contributed by atoms with Gasteiger partial charge >= 0.3 is 0 Å². The van der Waals surface area contributed by atoms with Crippen LogP contribution in [0.4, 0.5) is 5.69 Å². The summed E-state index contributed by atoms with van der Waals surface area (Å²) in [6.07, 6.45) is 3.29. The van der Waals surface area contributed by atoms with Crippen molar-refractivity contribution in [2.24, 2.45) is 0 Å². The average molecular weight is 362 g/mol. The molecule has 0 bridgehead atoms. The predicted octanol–water partition coefficient (Wildman–Crippen LogP) is 1.63. The Balaban J connectivity index is 2.00. The number of benzene rings is 1. The lowest BCUT2D eigenvalue weighted by Crippen LogP contribution is -2.48. The van der Waals surface area contributed by atoms with E-state index in [1.165, 1.54) is 29.4 Å². The SMILES string of the molecule is Cc1cc(S(=O)(=O)N2CCNCC2c2cccnc2)ccc1[N+](=O)[O-]. The zero-order valence-electron chi connectivity index (χ0n) is 13.6. The molecule has 25 heavy (non-hydrogen) atoms. The summed E-state index contributed by atoms with van der Waals surface area (Å²) < 4.78 is 27.7. The van der Waals surface area contributed by atoms with Crippen molar-refractivity contribution in [1.82, 2.24) is 14.6 Å². The van der Waals surface area contributed by atoms with Crippen molar-refractivity contribution in [3.63, 3.8) is 0 Å². The summed E-state index contributed by atoms with van der Waals surface area (Å²) in [7, 11) is -3.78. The zero-order valence-corrected chi connectivity index (χ0v) is 14.4. The molecule has 2 aromatic rings. The molecule has 1 atom stereocenters. The van der Waals surface area contributed by atoms with Crippen molar-refractivity contribution in [3.8, 4) is 0 Å². The number of pyridine rings is 1. The van der Waals surface area contributed by atoms with Crippen LogP contribution in [-0.2, 0) is 10.0 Å². The molecule has 8 nitrogen and oxygen atoms in total. The standard InChI is InChI=1S/C16H18N4O4S/c1-12-9-14(4-5-15(12)20(21)22)25(23,24)19-8-7-18-11-16(19)13-3-2-6-17-10-13/h2-6,9-10,16,18H,7-8,11H2,1H3. The molecule has 0 spiro atoms. The Hall–Kier alpha value is -2.36. The molecule has 9 heteroatoms. The topological polar surface area (TPSA) is 105 Å². The fourth-order valence-corrected chi connectivity index (χ4v) is 4.66. The molecule has 3 rings (SSSR count). The van der Waals surface area contributed by atoms with Gasteiger partial charge in [0.25, 0.3) is 5.69 Å². The number of nitrogens with one attached hydrogen (secondary N) is 1. The van der Waals surface area contributed by atoms with E-state index >= 15 is 0 Å². The molecule has 1 N–H and O–H groups in total. The second-order valence-electron chi connectivity index (χ2n) is 5.83. The van der Waals surface area contributed by atoms with Gasteiger partial charge in [-0.15, -0.1) is 0 Å². The maximum atomic E-state index is 13.1. The van der Waals surface area contributed by atoms with Gasteiger partial charge in [0.15, 0.2) is 0 Å². The second-order valence-corrected chi connectivity index (χ2v) is 7.72. The Morgan fingerprint density at radius 1 is 1.36 bits per heavy atom. The third-order valence-corrected chi connectivity index (χ3v) is 6.14. The third-order valence-electron chi connectivity index (χ3n) is 4.24. The first-order chi connectivity index (χ1) is 11.9. The van der Waals surface area contributed by atoms with Gasteiger partial charge < -0.3 is 5.32 Å². The second kappa shape index (κ2) is 6.87. The summed E-state index contributed by atoms with van der Waals surface area (Å²) in [6.45, 7) is 2.88. The van der Waals surface area contributed by atoms with Crippen molar-refractivity contribution in [3.05, 3.63) is 64.0 Å². The van der Waals surface area contributed by atoms with E-state index in [1.54, 1.807) is 18.5 Å². The van der Waals surface area contributed by atoms with Gasteiger partial charge in [0, 0.05) is 43.7 Å². The molecular weight excluding hydrogens is 344 g/mol. The molecule has 1 aromatic heterocycles. The molecule has 1 aliphatic heterocycles. The van der Waals surface area contributed by atoms with Crippen LogP contribution in [0.3, 0.4) is 0 Å². The summed E-state index contributed by atoms with van der Waals surface area (Å²) in [5.41, 5.74) is 1.03. The van der Waals surface area contributed by atoms with Crippen LogP contribution in [0.5, 0.6) is 0 Å². The van der Waals surface area contributed by atoms with Gasteiger partial charge in [-0.3, -0.25) is 15.1 Å². The molecule has 1 unspecified atom stereocenters.